The molecule has 40 heavy (non-hydrogen) atoms. The Hall–Kier alpha value is -4.43. The molecule has 0 radical (unpaired) electrons. The van der Waals surface area contributed by atoms with Crippen LogP contribution in [0.3, 0.4) is 0 Å². The van der Waals surface area contributed by atoms with Gasteiger partial charge in [-0.25, -0.2) is 4.98 Å². The van der Waals surface area contributed by atoms with E-state index in [1.807, 2.05) is 75.6 Å². The van der Waals surface area contributed by atoms with E-state index in [0.717, 1.165) is 44.8 Å². The molecule has 2 heterocycles. The highest BCUT2D eigenvalue weighted by molar-refractivity contribution is 5.95. The van der Waals surface area contributed by atoms with Crippen molar-refractivity contribution in [2.24, 2.45) is 12.8 Å². The van der Waals surface area contributed by atoms with E-state index in [0.29, 0.717) is 17.9 Å². The average Bonchev–Trinajstić information content (AvgIpc) is 3.49. The molecule has 1 unspecified atom stereocenters. The maximum absolute atomic E-state index is 11.9. The van der Waals surface area contributed by atoms with Gasteiger partial charge in [-0.2, -0.15) is 5.10 Å². The Bertz CT molecular complexity index is 1670. The smallest absolute Gasteiger partial charge is 0.248 e. The van der Waals surface area contributed by atoms with E-state index >= 15 is 0 Å². The fraction of sp³-hybridized carbons (Fsp3) is 0.281. The number of amides is 1. The van der Waals surface area contributed by atoms with E-state index in [4.69, 9.17) is 20.6 Å². The first-order valence-electron chi connectivity index (χ1n) is 13.5. The Morgan fingerprint density at radius 1 is 1.00 bits per heavy atom. The van der Waals surface area contributed by atoms with Gasteiger partial charge in [0.1, 0.15) is 11.6 Å². The Labute approximate surface area is 234 Å². The minimum Gasteiger partial charge on any atom is -0.490 e. The largest absolute Gasteiger partial charge is 0.490 e. The zero-order chi connectivity index (χ0) is 28.6. The fourth-order valence-electron chi connectivity index (χ4n) is 5.17. The summed E-state index contributed by atoms with van der Waals surface area (Å²) in [5.41, 5.74) is 11.3. The number of nitrogens with two attached hydrogens (primary N) is 1. The normalized spacial score (nSPS) is 12.4. The van der Waals surface area contributed by atoms with Crippen LogP contribution < -0.4 is 10.5 Å². The number of aliphatic hydroxyl groups is 1. The van der Waals surface area contributed by atoms with Crippen LogP contribution in [0.5, 0.6) is 5.75 Å². The molecule has 8 nitrogen and oxygen atoms in total. The summed E-state index contributed by atoms with van der Waals surface area (Å²) in [5, 5.41) is 16.5. The lowest BCUT2D eigenvalue weighted by Crippen LogP contribution is -2.13. The summed E-state index contributed by atoms with van der Waals surface area (Å²) in [6.07, 6.45) is 1.20. The molecule has 0 aliphatic carbocycles. The van der Waals surface area contributed by atoms with Crippen LogP contribution in [-0.4, -0.2) is 36.4 Å². The number of benzene rings is 3. The Balaban J connectivity index is 1.62. The Kier molecular flexibility index (Phi) is 7.45. The van der Waals surface area contributed by atoms with Gasteiger partial charge in [-0.3, -0.25) is 9.48 Å². The van der Waals surface area contributed by atoms with Gasteiger partial charge in [0.05, 0.1) is 35.5 Å². The SMILES string of the molecule is CC(C)Oc1cc(C(N)=O)ccc1-c1nc(-c2cccc3nn(CC(O)c4ccccc4)cc23)c(C(C)C)n1C. The number of hydrogen-bond acceptors (Lipinski definition) is 5. The van der Waals surface area contributed by atoms with Crippen molar-refractivity contribution in [3.05, 3.63) is 89.7 Å². The van der Waals surface area contributed by atoms with Crippen LogP contribution in [0.4, 0.5) is 0 Å². The minimum absolute atomic E-state index is 0.1000. The summed E-state index contributed by atoms with van der Waals surface area (Å²) in [6, 6.07) is 20.8. The van der Waals surface area contributed by atoms with E-state index in [-0.39, 0.29) is 12.0 Å². The summed E-state index contributed by atoms with van der Waals surface area (Å²) in [5.74, 6) is 0.951. The molecule has 3 aromatic carbocycles. The molecular formula is C32H35N5O3. The third-order valence-electron chi connectivity index (χ3n) is 6.95. The number of aromatic nitrogens is 4. The molecule has 5 rings (SSSR count). The number of imidazole rings is 1. The highest BCUT2D eigenvalue weighted by Crippen LogP contribution is 2.39. The molecule has 0 bridgehead atoms. The van der Waals surface area contributed by atoms with Crippen LogP contribution in [0, 0.1) is 0 Å². The van der Waals surface area contributed by atoms with Gasteiger partial charge in [-0.15, -0.1) is 0 Å². The molecule has 0 aliphatic rings. The van der Waals surface area contributed by atoms with Crippen molar-refractivity contribution in [1.29, 1.82) is 0 Å². The van der Waals surface area contributed by atoms with Gasteiger partial charge < -0.3 is 20.1 Å². The highest BCUT2D eigenvalue weighted by Gasteiger charge is 2.24. The van der Waals surface area contributed by atoms with E-state index in [2.05, 4.69) is 24.5 Å². The predicted octanol–water partition coefficient (Wildman–Crippen LogP) is 5.85. The molecule has 3 N–H and O–H groups in total. The molecule has 1 atom stereocenters. The maximum Gasteiger partial charge on any atom is 0.248 e. The van der Waals surface area contributed by atoms with Crippen molar-refractivity contribution in [3.8, 4) is 28.4 Å². The lowest BCUT2D eigenvalue weighted by atomic mass is 10.0. The number of fused-ring (bicyclic) bond motifs is 1. The third kappa shape index (κ3) is 5.22. The zero-order valence-corrected chi connectivity index (χ0v) is 23.5. The summed E-state index contributed by atoms with van der Waals surface area (Å²) in [4.78, 5) is 17.0. The summed E-state index contributed by atoms with van der Waals surface area (Å²) in [7, 11) is 2.00. The number of carbonyl (C=O) groups is 1. The van der Waals surface area contributed by atoms with Crippen molar-refractivity contribution in [2.45, 2.75) is 52.4 Å². The van der Waals surface area contributed by atoms with E-state index in [9.17, 15) is 9.90 Å². The zero-order valence-electron chi connectivity index (χ0n) is 23.5. The lowest BCUT2D eigenvalue weighted by molar-refractivity contribution is 0.0999. The van der Waals surface area contributed by atoms with Gasteiger partial charge in [-0.1, -0.05) is 56.3 Å². The quantitative estimate of drug-likeness (QED) is 0.245. The van der Waals surface area contributed by atoms with Gasteiger partial charge in [0, 0.05) is 35.5 Å². The molecule has 8 heteroatoms. The lowest BCUT2D eigenvalue weighted by Gasteiger charge is -2.16. The van der Waals surface area contributed by atoms with Crippen molar-refractivity contribution >= 4 is 16.8 Å². The Morgan fingerprint density at radius 2 is 1.75 bits per heavy atom. The molecule has 0 spiro atoms. The maximum atomic E-state index is 11.9. The van der Waals surface area contributed by atoms with Gasteiger partial charge in [0.15, 0.2) is 0 Å². The first kappa shape index (κ1) is 27.1. The number of rotatable bonds is 9. The molecule has 0 saturated carbocycles. The predicted molar refractivity (Wildman–Crippen MR) is 157 cm³/mol. The Morgan fingerprint density at radius 3 is 2.42 bits per heavy atom. The van der Waals surface area contributed by atoms with Crippen LogP contribution in [0.25, 0.3) is 33.5 Å². The number of aliphatic hydroxyl groups excluding tert-OH is 1. The van der Waals surface area contributed by atoms with Crippen molar-refractivity contribution in [1.82, 2.24) is 19.3 Å². The number of ether oxygens (including phenoxy) is 1. The van der Waals surface area contributed by atoms with Crippen LogP contribution in [0.1, 0.15) is 61.3 Å². The van der Waals surface area contributed by atoms with Gasteiger partial charge in [0.25, 0.3) is 0 Å². The molecule has 0 saturated heterocycles. The van der Waals surface area contributed by atoms with Crippen LogP contribution in [0.2, 0.25) is 0 Å². The molecule has 1 amide bonds. The fourth-order valence-corrected chi connectivity index (χ4v) is 5.17. The third-order valence-corrected chi connectivity index (χ3v) is 6.95. The van der Waals surface area contributed by atoms with Crippen LogP contribution >= 0.6 is 0 Å². The topological polar surface area (TPSA) is 108 Å². The minimum atomic E-state index is -0.672. The number of primary amides is 1. The second kappa shape index (κ2) is 11.0. The summed E-state index contributed by atoms with van der Waals surface area (Å²) >= 11 is 0. The number of carbonyl (C=O) groups excluding carboxylic acids is 1. The average molecular weight is 538 g/mol. The second-order valence-corrected chi connectivity index (χ2v) is 10.6. The van der Waals surface area contributed by atoms with E-state index in [1.54, 1.807) is 16.8 Å². The second-order valence-electron chi connectivity index (χ2n) is 10.6. The standard InChI is InChI=1S/C32H35N5O3/c1-19(2)30-29(34-32(36(30)5)24-15-14-22(31(33)39)16-28(24)40-20(3)4)23-12-9-13-26-25(23)17-37(35-26)18-27(38)21-10-7-6-8-11-21/h6-17,19-20,27,38H,18H2,1-5H3,(H2,33,39). The van der Waals surface area contributed by atoms with Gasteiger partial charge in [-0.05, 0) is 49.6 Å². The molecule has 5 aromatic rings. The summed E-state index contributed by atoms with van der Waals surface area (Å²) < 4.78 is 10.00. The van der Waals surface area contributed by atoms with Crippen LogP contribution in [-0.2, 0) is 13.6 Å². The number of hydrogen-bond donors (Lipinski definition) is 2. The van der Waals surface area contributed by atoms with Crippen molar-refractivity contribution in [2.75, 3.05) is 0 Å². The summed E-state index contributed by atoms with van der Waals surface area (Å²) in [6.45, 7) is 8.51. The van der Waals surface area contributed by atoms with Gasteiger partial charge >= 0.3 is 0 Å². The molecular weight excluding hydrogens is 502 g/mol. The molecule has 2 aromatic heterocycles. The molecule has 0 fully saturated rings. The first-order chi connectivity index (χ1) is 19.1. The van der Waals surface area contributed by atoms with E-state index in [1.165, 1.54) is 0 Å². The monoisotopic (exact) mass is 537 g/mol. The first-order valence-corrected chi connectivity index (χ1v) is 13.5. The van der Waals surface area contributed by atoms with Crippen molar-refractivity contribution < 1.29 is 14.6 Å². The molecule has 206 valence electrons. The van der Waals surface area contributed by atoms with E-state index < -0.39 is 12.0 Å². The van der Waals surface area contributed by atoms with Gasteiger partial charge in [0.2, 0.25) is 5.91 Å². The van der Waals surface area contributed by atoms with Crippen LogP contribution in [0.15, 0.2) is 72.9 Å². The van der Waals surface area contributed by atoms with Crippen molar-refractivity contribution in [3.63, 3.8) is 0 Å². The highest BCUT2D eigenvalue weighted by atomic mass is 16.5. The number of nitrogens with zero attached hydrogens (tertiary/aromatic N) is 4. The molecule has 0 aliphatic heterocycles.